The van der Waals surface area contributed by atoms with Gasteiger partial charge in [-0.15, -0.1) is 0 Å². The molecule has 0 aromatic heterocycles. The standard InChI is InChI=1S/C34H35BrN4O6/c1-21(40)45-20-22-15-16-38-29(18-37(17-22)34(43)36-25-11-13-26(44-2)14-12-25)31(23-7-9-24(35)10-8-23)30(38)19-39-32(41)27-5-3-4-6-28(27)33(39)42/h3-14,22,29-31H,15-20H2,1-2H3,(H,36,43)/t22?,29-,30+,31+/m0/s1. The van der Waals surface area contributed by atoms with Gasteiger partial charge < -0.3 is 19.7 Å². The van der Waals surface area contributed by atoms with Crippen molar-refractivity contribution >= 4 is 45.4 Å². The van der Waals surface area contributed by atoms with Crippen LogP contribution < -0.4 is 10.1 Å². The molecule has 3 aliphatic heterocycles. The van der Waals surface area contributed by atoms with Crippen molar-refractivity contribution < 1.29 is 28.7 Å². The van der Waals surface area contributed by atoms with Crippen LogP contribution in [0.4, 0.5) is 10.5 Å². The Morgan fingerprint density at radius 2 is 1.60 bits per heavy atom. The van der Waals surface area contributed by atoms with Crippen molar-refractivity contribution in [3.8, 4) is 5.75 Å². The molecule has 2 saturated heterocycles. The average Bonchev–Trinajstić information content (AvgIpc) is 3.27. The number of esters is 1. The van der Waals surface area contributed by atoms with E-state index in [0.29, 0.717) is 48.6 Å². The molecule has 1 N–H and O–H groups in total. The summed E-state index contributed by atoms with van der Waals surface area (Å²) >= 11 is 3.53. The zero-order chi connectivity index (χ0) is 31.7. The number of urea groups is 1. The van der Waals surface area contributed by atoms with Crippen LogP contribution in [0.15, 0.2) is 77.3 Å². The number of carbonyl (C=O) groups is 4. The van der Waals surface area contributed by atoms with E-state index >= 15 is 0 Å². The highest BCUT2D eigenvalue weighted by atomic mass is 79.9. The Balaban J connectivity index is 1.29. The minimum Gasteiger partial charge on any atom is -0.497 e. The minimum absolute atomic E-state index is 0.0382. The van der Waals surface area contributed by atoms with Gasteiger partial charge >= 0.3 is 12.0 Å². The molecule has 45 heavy (non-hydrogen) atoms. The average molecular weight is 676 g/mol. The van der Waals surface area contributed by atoms with Crippen LogP contribution in [0.2, 0.25) is 0 Å². The summed E-state index contributed by atoms with van der Waals surface area (Å²) in [6.07, 6.45) is 0.668. The molecule has 4 atom stereocenters. The predicted molar refractivity (Wildman–Crippen MR) is 171 cm³/mol. The molecule has 3 aliphatic rings. The molecule has 0 radical (unpaired) electrons. The van der Waals surface area contributed by atoms with Gasteiger partial charge in [0.2, 0.25) is 0 Å². The third kappa shape index (κ3) is 6.32. The number of fused-ring (bicyclic) bond motifs is 2. The van der Waals surface area contributed by atoms with Crippen molar-refractivity contribution in [2.75, 3.05) is 45.2 Å². The molecule has 1 unspecified atom stereocenters. The lowest BCUT2D eigenvalue weighted by Crippen LogP contribution is -2.70. The first kappa shape index (κ1) is 30.8. The number of ether oxygens (including phenoxy) is 2. The normalized spacial score (nSPS) is 22.9. The number of rotatable bonds is 7. The topological polar surface area (TPSA) is 108 Å². The molecule has 6 rings (SSSR count). The summed E-state index contributed by atoms with van der Waals surface area (Å²) in [6, 6.07) is 21.7. The lowest BCUT2D eigenvalue weighted by atomic mass is 9.73. The van der Waals surface area contributed by atoms with Crippen LogP contribution in [0.3, 0.4) is 0 Å². The van der Waals surface area contributed by atoms with Crippen LogP contribution >= 0.6 is 15.9 Å². The molecule has 0 spiro atoms. The summed E-state index contributed by atoms with van der Waals surface area (Å²) in [4.78, 5) is 57.7. The minimum atomic E-state index is -0.369. The number of hydrogen-bond donors (Lipinski definition) is 1. The second kappa shape index (κ2) is 13.0. The zero-order valence-corrected chi connectivity index (χ0v) is 26.7. The Labute approximate surface area is 270 Å². The van der Waals surface area contributed by atoms with Gasteiger partial charge in [-0.1, -0.05) is 40.2 Å². The second-order valence-corrected chi connectivity index (χ2v) is 12.7. The van der Waals surface area contributed by atoms with Crippen molar-refractivity contribution in [1.82, 2.24) is 14.7 Å². The number of anilines is 1. The highest BCUT2D eigenvalue weighted by molar-refractivity contribution is 9.10. The van der Waals surface area contributed by atoms with E-state index in [1.807, 2.05) is 12.1 Å². The Hall–Kier alpha value is -4.22. The molecule has 10 nitrogen and oxygen atoms in total. The lowest BCUT2D eigenvalue weighted by Gasteiger charge is -2.58. The maximum atomic E-state index is 13.8. The number of imide groups is 1. The van der Waals surface area contributed by atoms with E-state index in [2.05, 4.69) is 38.3 Å². The molecule has 3 aromatic rings. The van der Waals surface area contributed by atoms with E-state index in [1.54, 1.807) is 60.5 Å². The molecule has 2 fully saturated rings. The van der Waals surface area contributed by atoms with Crippen molar-refractivity contribution in [2.45, 2.75) is 31.3 Å². The quantitative estimate of drug-likeness (QED) is 0.277. The molecule has 0 bridgehead atoms. The molecular formula is C34H35BrN4O6. The summed E-state index contributed by atoms with van der Waals surface area (Å²) in [7, 11) is 1.59. The first-order valence-corrected chi connectivity index (χ1v) is 15.8. The van der Waals surface area contributed by atoms with E-state index in [1.165, 1.54) is 11.8 Å². The highest BCUT2D eigenvalue weighted by Gasteiger charge is 2.52. The number of nitrogens with zero attached hydrogens (tertiary/aromatic N) is 3. The third-order valence-electron chi connectivity index (χ3n) is 9.02. The van der Waals surface area contributed by atoms with Gasteiger partial charge in [-0.2, -0.15) is 0 Å². The second-order valence-electron chi connectivity index (χ2n) is 11.7. The fraction of sp³-hybridized carbons (Fsp3) is 0.353. The molecule has 0 saturated carbocycles. The Morgan fingerprint density at radius 3 is 2.22 bits per heavy atom. The predicted octanol–water partition coefficient (Wildman–Crippen LogP) is 5.01. The Morgan fingerprint density at radius 1 is 0.933 bits per heavy atom. The van der Waals surface area contributed by atoms with Crippen molar-refractivity contribution in [2.24, 2.45) is 5.92 Å². The number of carbonyl (C=O) groups excluding carboxylic acids is 4. The van der Waals surface area contributed by atoms with E-state index < -0.39 is 0 Å². The van der Waals surface area contributed by atoms with Gasteiger partial charge in [-0.05, 0) is 67.1 Å². The van der Waals surface area contributed by atoms with Gasteiger partial charge in [0.1, 0.15) is 5.75 Å². The molecule has 4 amide bonds. The maximum absolute atomic E-state index is 13.8. The van der Waals surface area contributed by atoms with Crippen molar-refractivity contribution in [1.29, 1.82) is 0 Å². The van der Waals surface area contributed by atoms with E-state index in [9.17, 15) is 19.2 Å². The van der Waals surface area contributed by atoms with Gasteiger partial charge in [0.25, 0.3) is 11.8 Å². The van der Waals surface area contributed by atoms with Gasteiger partial charge in [-0.3, -0.25) is 24.2 Å². The number of nitrogens with one attached hydrogen (secondary N) is 1. The number of amides is 4. The van der Waals surface area contributed by atoms with Crippen LogP contribution in [0, 0.1) is 5.92 Å². The number of benzene rings is 3. The van der Waals surface area contributed by atoms with Crippen molar-refractivity contribution in [3.63, 3.8) is 0 Å². The summed E-state index contributed by atoms with van der Waals surface area (Å²) in [5.74, 6) is -0.381. The van der Waals surface area contributed by atoms with E-state index in [4.69, 9.17) is 9.47 Å². The van der Waals surface area contributed by atoms with Gasteiger partial charge in [0.05, 0.1) is 24.8 Å². The fourth-order valence-corrected chi connectivity index (χ4v) is 7.02. The summed E-state index contributed by atoms with van der Waals surface area (Å²) < 4.78 is 11.6. The number of hydrogen-bond acceptors (Lipinski definition) is 7. The summed E-state index contributed by atoms with van der Waals surface area (Å²) in [6.45, 7) is 3.30. The van der Waals surface area contributed by atoms with Crippen LogP contribution in [0.5, 0.6) is 5.75 Å². The monoisotopic (exact) mass is 674 g/mol. The van der Waals surface area contributed by atoms with Gasteiger partial charge in [0, 0.05) is 60.6 Å². The maximum Gasteiger partial charge on any atom is 0.321 e. The molecular weight excluding hydrogens is 640 g/mol. The highest BCUT2D eigenvalue weighted by Crippen LogP contribution is 2.44. The molecule has 234 valence electrons. The zero-order valence-electron chi connectivity index (χ0n) is 25.1. The van der Waals surface area contributed by atoms with E-state index in [-0.39, 0.29) is 60.9 Å². The molecule has 3 aromatic carbocycles. The van der Waals surface area contributed by atoms with Gasteiger partial charge in [0.15, 0.2) is 0 Å². The SMILES string of the molecule is COc1ccc(NC(=O)N2CC(COC(C)=O)CCN3[C@H](CN4C(=O)c5ccccc5C4=O)[C@H](c4ccc(Br)cc4)[C@@H]3C2)cc1. The van der Waals surface area contributed by atoms with Gasteiger partial charge in [-0.25, -0.2) is 4.79 Å². The molecule has 3 heterocycles. The van der Waals surface area contributed by atoms with Crippen LogP contribution in [0.25, 0.3) is 0 Å². The Kier molecular flexibility index (Phi) is 8.91. The summed E-state index contributed by atoms with van der Waals surface area (Å²) in [5.41, 5.74) is 2.56. The number of halogens is 1. The third-order valence-corrected chi connectivity index (χ3v) is 9.54. The van der Waals surface area contributed by atoms with Crippen LogP contribution in [-0.4, -0.2) is 90.5 Å². The first-order valence-electron chi connectivity index (χ1n) is 15.0. The van der Waals surface area contributed by atoms with E-state index in [0.717, 1.165) is 10.0 Å². The lowest BCUT2D eigenvalue weighted by molar-refractivity contribution is -0.143. The molecule has 0 aliphatic carbocycles. The van der Waals surface area contributed by atoms with Crippen LogP contribution in [-0.2, 0) is 9.53 Å². The fourth-order valence-electron chi connectivity index (χ4n) is 6.75. The molecule has 11 heteroatoms. The first-order chi connectivity index (χ1) is 21.7. The largest absolute Gasteiger partial charge is 0.497 e. The van der Waals surface area contributed by atoms with Crippen LogP contribution in [0.1, 0.15) is 45.5 Å². The smallest absolute Gasteiger partial charge is 0.321 e. The van der Waals surface area contributed by atoms with Crippen molar-refractivity contribution in [3.05, 3.63) is 94.0 Å². The Bertz CT molecular complexity index is 1560. The summed E-state index contributed by atoms with van der Waals surface area (Å²) in [5, 5.41) is 3.01. The number of methoxy groups -OCH3 is 1.